The molecule has 2 N–H and O–H groups in total. The maximum atomic E-state index is 12.4. The number of rotatable bonds is 9. The first-order valence-corrected chi connectivity index (χ1v) is 10.9. The fourth-order valence-corrected chi connectivity index (χ4v) is 4.24. The van der Waals surface area contributed by atoms with Crippen molar-refractivity contribution < 1.29 is 21.6 Å². The van der Waals surface area contributed by atoms with Gasteiger partial charge in [0, 0.05) is 11.8 Å². The van der Waals surface area contributed by atoms with Crippen molar-refractivity contribution in [1.29, 1.82) is 0 Å². The lowest BCUT2D eigenvalue weighted by Gasteiger charge is -2.10. The highest BCUT2D eigenvalue weighted by Crippen LogP contribution is 2.19. The Morgan fingerprint density at radius 1 is 1.04 bits per heavy atom. The molecule has 0 aliphatic carbocycles. The van der Waals surface area contributed by atoms with E-state index in [-0.39, 0.29) is 22.3 Å². The maximum Gasteiger partial charge on any atom is 0.263 e. The molecule has 0 saturated carbocycles. The lowest BCUT2D eigenvalue weighted by Crippen LogP contribution is -2.17. The minimum Gasteiger partial charge on any atom is -0.481 e. The van der Waals surface area contributed by atoms with Crippen LogP contribution >= 0.6 is 0 Å². The zero-order valence-electron chi connectivity index (χ0n) is 14.3. The molecular formula is C15H20N4O5S2. The molecule has 0 radical (unpaired) electrons. The van der Waals surface area contributed by atoms with E-state index in [1.165, 1.54) is 43.8 Å². The molecule has 0 bridgehead atoms. The van der Waals surface area contributed by atoms with Crippen LogP contribution in [0.1, 0.15) is 19.8 Å². The number of hydrogen-bond donors (Lipinski definition) is 2. The van der Waals surface area contributed by atoms with Gasteiger partial charge in [0.2, 0.25) is 15.9 Å². The number of sulfonamides is 2. The average molecular weight is 400 g/mol. The highest BCUT2D eigenvalue weighted by Gasteiger charge is 2.16. The summed E-state index contributed by atoms with van der Waals surface area (Å²) < 4.78 is 58.2. The molecule has 0 aliphatic rings. The number of methoxy groups -OCH3 is 1. The van der Waals surface area contributed by atoms with E-state index in [9.17, 15) is 16.8 Å². The van der Waals surface area contributed by atoms with Crippen LogP contribution in [0.25, 0.3) is 0 Å². The molecule has 9 nitrogen and oxygen atoms in total. The van der Waals surface area contributed by atoms with Gasteiger partial charge in [-0.25, -0.2) is 26.8 Å². The standard InChI is InChI=1S/C15H20N4O5S2/c1-3-4-9-25(20,21)18-12-5-7-13(8-6-12)26(22,23)19-14-10-15(24-2)17-11-16-14/h5-8,10-11,18H,3-4,9H2,1-2H3,(H,16,17,19). The molecular weight excluding hydrogens is 380 g/mol. The van der Waals surface area contributed by atoms with E-state index in [1.807, 2.05) is 6.92 Å². The van der Waals surface area contributed by atoms with E-state index in [1.54, 1.807) is 0 Å². The number of benzene rings is 1. The Morgan fingerprint density at radius 3 is 2.35 bits per heavy atom. The van der Waals surface area contributed by atoms with Gasteiger partial charge in [-0.3, -0.25) is 9.44 Å². The molecule has 0 saturated heterocycles. The molecule has 0 unspecified atom stereocenters. The van der Waals surface area contributed by atoms with Crippen LogP contribution in [-0.2, 0) is 20.0 Å². The second kappa shape index (κ2) is 8.32. The molecule has 0 amide bonds. The lowest BCUT2D eigenvalue weighted by molar-refractivity contribution is 0.397. The van der Waals surface area contributed by atoms with Crippen molar-refractivity contribution in [3.63, 3.8) is 0 Å². The van der Waals surface area contributed by atoms with Gasteiger partial charge in [-0.05, 0) is 30.7 Å². The Morgan fingerprint density at radius 2 is 1.73 bits per heavy atom. The van der Waals surface area contributed by atoms with Crippen LogP contribution in [0.3, 0.4) is 0 Å². The van der Waals surface area contributed by atoms with E-state index in [4.69, 9.17) is 4.74 Å². The second-order valence-corrected chi connectivity index (χ2v) is 8.87. The van der Waals surface area contributed by atoms with E-state index in [0.29, 0.717) is 12.1 Å². The van der Waals surface area contributed by atoms with Gasteiger partial charge in [0.15, 0.2) is 0 Å². The van der Waals surface area contributed by atoms with Gasteiger partial charge in [0.25, 0.3) is 10.0 Å². The quantitative estimate of drug-likeness (QED) is 0.657. The highest BCUT2D eigenvalue weighted by atomic mass is 32.2. The predicted molar refractivity (Wildman–Crippen MR) is 98.2 cm³/mol. The molecule has 26 heavy (non-hydrogen) atoms. The summed E-state index contributed by atoms with van der Waals surface area (Å²) in [4.78, 5) is 7.58. The minimum atomic E-state index is -3.89. The number of nitrogens with one attached hydrogen (secondary N) is 2. The number of unbranched alkanes of at least 4 members (excludes halogenated alkanes) is 1. The van der Waals surface area contributed by atoms with Crippen molar-refractivity contribution >= 4 is 31.6 Å². The lowest BCUT2D eigenvalue weighted by atomic mass is 10.3. The van der Waals surface area contributed by atoms with Crippen LogP contribution in [0.5, 0.6) is 5.88 Å². The SMILES string of the molecule is CCCCS(=O)(=O)Nc1ccc(S(=O)(=O)Nc2cc(OC)ncn2)cc1. The number of aromatic nitrogens is 2. The fourth-order valence-electron chi connectivity index (χ4n) is 1.97. The molecule has 1 aromatic heterocycles. The van der Waals surface area contributed by atoms with Crippen LogP contribution in [0, 0.1) is 0 Å². The van der Waals surface area contributed by atoms with Crippen LogP contribution in [0.2, 0.25) is 0 Å². The third kappa shape index (κ3) is 5.56. The zero-order valence-corrected chi connectivity index (χ0v) is 16.0. The van der Waals surface area contributed by atoms with Crippen LogP contribution in [0.15, 0.2) is 41.6 Å². The van der Waals surface area contributed by atoms with Crippen molar-refractivity contribution in [2.24, 2.45) is 0 Å². The van der Waals surface area contributed by atoms with Crippen molar-refractivity contribution in [2.45, 2.75) is 24.7 Å². The number of nitrogens with zero attached hydrogens (tertiary/aromatic N) is 2. The van der Waals surface area contributed by atoms with E-state index in [0.717, 1.165) is 6.42 Å². The minimum absolute atomic E-state index is 0.0145. The topological polar surface area (TPSA) is 127 Å². The number of anilines is 2. The van der Waals surface area contributed by atoms with Crippen molar-refractivity contribution in [1.82, 2.24) is 9.97 Å². The van der Waals surface area contributed by atoms with Crippen LogP contribution in [0.4, 0.5) is 11.5 Å². The second-order valence-electron chi connectivity index (χ2n) is 5.35. The first kappa shape index (κ1) is 19.9. The van der Waals surface area contributed by atoms with Crippen molar-refractivity contribution in [3.8, 4) is 5.88 Å². The van der Waals surface area contributed by atoms with Gasteiger partial charge in [0.1, 0.15) is 12.1 Å². The maximum absolute atomic E-state index is 12.4. The van der Waals surface area contributed by atoms with Gasteiger partial charge >= 0.3 is 0 Å². The Hall–Kier alpha value is -2.40. The van der Waals surface area contributed by atoms with Gasteiger partial charge in [-0.2, -0.15) is 0 Å². The summed E-state index contributed by atoms with van der Waals surface area (Å²) in [6.07, 6.45) is 2.48. The number of ether oxygens (including phenoxy) is 1. The Balaban J connectivity index is 2.13. The first-order valence-electron chi connectivity index (χ1n) is 7.75. The third-order valence-electron chi connectivity index (χ3n) is 3.29. The summed E-state index contributed by atoms with van der Waals surface area (Å²) in [6, 6.07) is 6.72. The molecule has 1 aromatic carbocycles. The molecule has 0 aliphatic heterocycles. The summed E-state index contributed by atoms with van der Waals surface area (Å²) in [5.74, 6) is 0.288. The van der Waals surface area contributed by atoms with E-state index < -0.39 is 20.0 Å². The van der Waals surface area contributed by atoms with Gasteiger partial charge < -0.3 is 4.74 Å². The summed E-state index contributed by atoms with van der Waals surface area (Å²) >= 11 is 0. The molecule has 2 aromatic rings. The summed E-state index contributed by atoms with van der Waals surface area (Å²) in [5, 5.41) is 0. The zero-order chi connectivity index (χ0) is 19.2. The molecule has 0 spiro atoms. The van der Waals surface area contributed by atoms with Gasteiger partial charge in [-0.1, -0.05) is 13.3 Å². The van der Waals surface area contributed by atoms with Gasteiger partial charge in [-0.15, -0.1) is 0 Å². The number of hydrogen-bond acceptors (Lipinski definition) is 7. The van der Waals surface area contributed by atoms with E-state index in [2.05, 4.69) is 19.4 Å². The molecule has 0 fully saturated rings. The van der Waals surface area contributed by atoms with Crippen molar-refractivity contribution in [2.75, 3.05) is 22.3 Å². The summed E-state index contributed by atoms with van der Waals surface area (Å²) in [6.45, 7) is 1.90. The Bertz CT molecular complexity index is 944. The molecule has 2 rings (SSSR count). The highest BCUT2D eigenvalue weighted by molar-refractivity contribution is 7.93. The van der Waals surface area contributed by atoms with Crippen molar-refractivity contribution in [3.05, 3.63) is 36.7 Å². The Kier molecular flexibility index (Phi) is 6.37. The third-order valence-corrected chi connectivity index (χ3v) is 6.04. The largest absolute Gasteiger partial charge is 0.481 e. The van der Waals surface area contributed by atoms with Crippen LogP contribution in [-0.4, -0.2) is 39.7 Å². The van der Waals surface area contributed by atoms with Gasteiger partial charge in [0.05, 0.1) is 17.8 Å². The molecule has 0 atom stereocenters. The Labute approximate surface area is 152 Å². The molecule has 142 valence electrons. The monoisotopic (exact) mass is 400 g/mol. The summed E-state index contributed by atoms with van der Waals surface area (Å²) in [7, 11) is -5.93. The predicted octanol–water partition coefficient (Wildman–Crippen LogP) is 1.83. The fraction of sp³-hybridized carbons (Fsp3) is 0.333. The average Bonchev–Trinajstić information content (AvgIpc) is 2.60. The smallest absolute Gasteiger partial charge is 0.263 e. The first-order chi connectivity index (χ1) is 12.3. The van der Waals surface area contributed by atoms with E-state index >= 15 is 0 Å². The molecule has 1 heterocycles. The normalized spacial score (nSPS) is 11.8. The molecule has 11 heteroatoms. The summed E-state index contributed by atoms with van der Waals surface area (Å²) in [5.41, 5.74) is 0.295. The van der Waals surface area contributed by atoms with Crippen LogP contribution < -0.4 is 14.2 Å².